The number of carbonyl (C=O) groups is 1. The molecule has 0 radical (unpaired) electrons. The summed E-state index contributed by atoms with van der Waals surface area (Å²) in [4.78, 5) is 22.5. The number of benzene rings is 1. The van der Waals surface area contributed by atoms with Crippen molar-refractivity contribution in [2.24, 2.45) is 0 Å². The Morgan fingerprint density at radius 1 is 1.26 bits per heavy atom. The molecule has 2 aliphatic rings. The molecule has 0 bridgehead atoms. The van der Waals surface area contributed by atoms with Gasteiger partial charge in [-0.2, -0.15) is 0 Å². The van der Waals surface area contributed by atoms with E-state index in [1.54, 1.807) is 12.1 Å². The zero-order chi connectivity index (χ0) is 24.5. The van der Waals surface area contributed by atoms with Crippen LogP contribution in [-0.2, 0) is 0 Å². The minimum absolute atomic E-state index is 0.215. The van der Waals surface area contributed by atoms with Crippen LogP contribution in [0.2, 0.25) is 5.02 Å². The number of hydrogen-bond donors (Lipinski definition) is 2. The Kier molecular flexibility index (Phi) is 7.31. The zero-order valence-electron chi connectivity index (χ0n) is 19.8. The van der Waals surface area contributed by atoms with Gasteiger partial charge >= 0.3 is 0 Å². The molecular formula is C25H33ClF2N4O2. The van der Waals surface area contributed by atoms with Crippen LogP contribution in [0.5, 0.6) is 0 Å². The van der Waals surface area contributed by atoms with E-state index in [2.05, 4.69) is 29.0 Å². The summed E-state index contributed by atoms with van der Waals surface area (Å²) in [7, 11) is 0. The second-order valence-corrected chi connectivity index (χ2v) is 9.97. The highest BCUT2D eigenvalue weighted by molar-refractivity contribution is 6.35. The Labute approximate surface area is 204 Å². The van der Waals surface area contributed by atoms with Crippen molar-refractivity contribution in [2.45, 2.75) is 63.5 Å². The number of nitrogens with zero attached hydrogens (tertiary/aromatic N) is 3. The summed E-state index contributed by atoms with van der Waals surface area (Å²) < 4.78 is 27.6. The van der Waals surface area contributed by atoms with E-state index in [0.29, 0.717) is 16.9 Å². The number of carbonyl (C=O) groups excluding carboxylic acids is 1. The lowest BCUT2D eigenvalue weighted by atomic mass is 9.82. The number of halogens is 3. The molecule has 1 saturated heterocycles. The first-order chi connectivity index (χ1) is 16.1. The molecule has 9 heteroatoms. The summed E-state index contributed by atoms with van der Waals surface area (Å²) in [6, 6.07) is 7.64. The van der Waals surface area contributed by atoms with Gasteiger partial charge in [-0.25, -0.2) is 13.8 Å². The highest BCUT2D eigenvalue weighted by Crippen LogP contribution is 2.39. The van der Waals surface area contributed by atoms with Crippen LogP contribution in [0.3, 0.4) is 0 Å². The normalized spacial score (nSPS) is 24.7. The van der Waals surface area contributed by atoms with Gasteiger partial charge in [0.05, 0.1) is 21.7 Å². The number of aliphatic hydroxyl groups is 1. The van der Waals surface area contributed by atoms with Crippen LogP contribution in [0.4, 0.5) is 14.6 Å². The van der Waals surface area contributed by atoms with Crippen molar-refractivity contribution in [3.63, 3.8) is 0 Å². The lowest BCUT2D eigenvalue weighted by Crippen LogP contribution is -2.49. The number of likely N-dealkylation sites (N-methyl/N-ethyl adjacent to an activating group) is 1. The number of rotatable bonds is 7. The van der Waals surface area contributed by atoms with E-state index in [0.717, 1.165) is 38.4 Å². The van der Waals surface area contributed by atoms with Gasteiger partial charge in [-0.15, -0.1) is 0 Å². The number of anilines is 1. The molecule has 186 valence electrons. The molecular weight excluding hydrogens is 462 g/mol. The van der Waals surface area contributed by atoms with E-state index < -0.39 is 23.9 Å². The third-order valence-corrected chi connectivity index (χ3v) is 7.51. The molecule has 2 heterocycles. The monoisotopic (exact) mass is 494 g/mol. The molecule has 1 aromatic heterocycles. The Morgan fingerprint density at radius 3 is 2.74 bits per heavy atom. The lowest BCUT2D eigenvalue weighted by molar-refractivity contribution is -0.121. The van der Waals surface area contributed by atoms with Crippen molar-refractivity contribution in [2.75, 3.05) is 37.6 Å². The quantitative estimate of drug-likeness (QED) is 0.594. The standard InChI is InChI=1S/C25H33ClF2N4O2/c1-3-31(4-2)17-10-13-32(14-17)21-9-6-18-20(30-21)8-7-19(26)22(18)23(33)29-16-24(34)11-5-12-25(27,28)15-24/h6-9,17,34H,3-5,10-16H2,1-2H3,(H,29,33). The number of hydrogen-bond acceptors (Lipinski definition) is 5. The van der Waals surface area contributed by atoms with Crippen LogP contribution in [0.1, 0.15) is 56.3 Å². The fourth-order valence-electron chi connectivity index (χ4n) is 5.38. The third-order valence-electron chi connectivity index (χ3n) is 7.20. The van der Waals surface area contributed by atoms with E-state index in [1.165, 1.54) is 0 Å². The Bertz CT molecular complexity index is 1050. The number of pyridine rings is 1. The third kappa shape index (κ3) is 5.29. The average Bonchev–Trinajstić information content (AvgIpc) is 3.27. The van der Waals surface area contributed by atoms with Gasteiger partial charge in [-0.05, 0) is 56.6 Å². The van der Waals surface area contributed by atoms with E-state index in [9.17, 15) is 18.7 Å². The zero-order valence-corrected chi connectivity index (χ0v) is 20.5. The predicted molar refractivity (Wildman–Crippen MR) is 131 cm³/mol. The molecule has 4 rings (SSSR count). The van der Waals surface area contributed by atoms with Gasteiger partial charge in [0, 0.05) is 43.9 Å². The number of amides is 1. The number of fused-ring (bicyclic) bond motifs is 1. The van der Waals surface area contributed by atoms with E-state index >= 15 is 0 Å². The summed E-state index contributed by atoms with van der Waals surface area (Å²) in [5, 5.41) is 14.1. The van der Waals surface area contributed by atoms with Gasteiger partial charge < -0.3 is 15.3 Å². The van der Waals surface area contributed by atoms with E-state index in [-0.39, 0.29) is 36.4 Å². The van der Waals surface area contributed by atoms with Gasteiger partial charge in [0.1, 0.15) is 5.82 Å². The molecule has 1 aromatic carbocycles. The van der Waals surface area contributed by atoms with Crippen molar-refractivity contribution in [1.82, 2.24) is 15.2 Å². The van der Waals surface area contributed by atoms with Gasteiger partial charge in [-0.1, -0.05) is 25.4 Å². The molecule has 2 unspecified atom stereocenters. The molecule has 1 aliphatic heterocycles. The van der Waals surface area contributed by atoms with Crippen molar-refractivity contribution in [1.29, 1.82) is 0 Å². The van der Waals surface area contributed by atoms with Crippen LogP contribution in [0, 0.1) is 0 Å². The van der Waals surface area contributed by atoms with Crippen LogP contribution < -0.4 is 10.2 Å². The van der Waals surface area contributed by atoms with E-state index in [1.807, 2.05) is 12.1 Å². The maximum Gasteiger partial charge on any atom is 0.253 e. The molecule has 0 spiro atoms. The average molecular weight is 495 g/mol. The molecule has 34 heavy (non-hydrogen) atoms. The van der Waals surface area contributed by atoms with Crippen molar-refractivity contribution >= 4 is 34.2 Å². The summed E-state index contributed by atoms with van der Waals surface area (Å²) >= 11 is 6.37. The summed E-state index contributed by atoms with van der Waals surface area (Å²) in [5.41, 5.74) is -0.745. The smallest absolute Gasteiger partial charge is 0.253 e. The lowest BCUT2D eigenvalue weighted by Gasteiger charge is -2.36. The maximum absolute atomic E-state index is 13.8. The SMILES string of the molecule is CCN(CC)C1CCN(c2ccc3c(C(=O)NCC4(O)CCCC(F)(F)C4)c(Cl)ccc3n2)C1. The second kappa shape index (κ2) is 9.91. The van der Waals surface area contributed by atoms with Gasteiger partial charge in [-0.3, -0.25) is 9.69 Å². The predicted octanol–water partition coefficient (Wildman–Crippen LogP) is 4.48. The number of aromatic nitrogens is 1. The van der Waals surface area contributed by atoms with Crippen molar-refractivity contribution in [3.8, 4) is 0 Å². The van der Waals surface area contributed by atoms with Crippen LogP contribution >= 0.6 is 11.6 Å². The maximum atomic E-state index is 13.8. The van der Waals surface area contributed by atoms with Crippen LogP contribution in [0.25, 0.3) is 10.9 Å². The second-order valence-electron chi connectivity index (χ2n) is 9.56. The van der Waals surface area contributed by atoms with E-state index in [4.69, 9.17) is 16.6 Å². The first-order valence-electron chi connectivity index (χ1n) is 12.1. The highest BCUT2D eigenvalue weighted by atomic mass is 35.5. The largest absolute Gasteiger partial charge is 0.388 e. The summed E-state index contributed by atoms with van der Waals surface area (Å²) in [5.74, 6) is -2.57. The molecule has 1 amide bonds. The molecule has 1 aliphatic carbocycles. The minimum Gasteiger partial charge on any atom is -0.388 e. The number of alkyl halides is 2. The molecule has 2 atom stereocenters. The van der Waals surface area contributed by atoms with Gasteiger partial charge in [0.15, 0.2) is 0 Å². The summed E-state index contributed by atoms with van der Waals surface area (Å²) in [6.07, 6.45) is 0.629. The fourth-order valence-corrected chi connectivity index (χ4v) is 5.63. The van der Waals surface area contributed by atoms with Gasteiger partial charge in [0.2, 0.25) is 0 Å². The molecule has 2 N–H and O–H groups in total. The van der Waals surface area contributed by atoms with Crippen molar-refractivity contribution in [3.05, 3.63) is 34.9 Å². The van der Waals surface area contributed by atoms with Crippen LogP contribution in [0.15, 0.2) is 24.3 Å². The first kappa shape index (κ1) is 25.1. The highest BCUT2D eigenvalue weighted by Gasteiger charge is 2.44. The molecule has 1 saturated carbocycles. The van der Waals surface area contributed by atoms with Crippen LogP contribution in [-0.4, -0.2) is 71.2 Å². The molecule has 2 aromatic rings. The molecule has 2 fully saturated rings. The summed E-state index contributed by atoms with van der Waals surface area (Å²) in [6.45, 7) is 7.96. The Morgan fingerprint density at radius 2 is 2.03 bits per heavy atom. The minimum atomic E-state index is -2.92. The fraction of sp³-hybridized carbons (Fsp3) is 0.600. The first-order valence-corrected chi connectivity index (χ1v) is 12.5. The van der Waals surface area contributed by atoms with Gasteiger partial charge in [0.25, 0.3) is 11.8 Å². The Balaban J connectivity index is 1.51. The number of nitrogens with one attached hydrogen (secondary N) is 1. The topological polar surface area (TPSA) is 68.7 Å². The Hall–Kier alpha value is -2.03. The molecule has 6 nitrogen and oxygen atoms in total. The van der Waals surface area contributed by atoms with Crippen molar-refractivity contribution < 1.29 is 18.7 Å².